The number of thiophene rings is 1. The molecule has 0 saturated carbocycles. The van der Waals surface area contributed by atoms with Gasteiger partial charge in [-0.2, -0.15) is 0 Å². The quantitative estimate of drug-likeness (QED) is 0.407. The lowest BCUT2D eigenvalue weighted by Gasteiger charge is -2.29. The van der Waals surface area contributed by atoms with Gasteiger partial charge in [-0.3, -0.25) is 14.6 Å². The van der Waals surface area contributed by atoms with Crippen LogP contribution in [-0.4, -0.2) is 28.6 Å². The van der Waals surface area contributed by atoms with Crippen LogP contribution in [0.3, 0.4) is 0 Å². The molecule has 0 spiro atoms. The third kappa shape index (κ3) is 3.93. The fourth-order valence-electron chi connectivity index (χ4n) is 3.48. The number of rotatable bonds is 6. The fourth-order valence-corrected chi connectivity index (χ4v) is 4.16. The minimum absolute atomic E-state index is 0.142. The first-order valence-electron chi connectivity index (χ1n) is 9.57. The van der Waals surface area contributed by atoms with E-state index in [1.807, 2.05) is 60.0 Å². The average molecular weight is 413 g/mol. The Kier molecular flexibility index (Phi) is 5.82. The first kappa shape index (κ1) is 19.7. The summed E-state index contributed by atoms with van der Waals surface area (Å²) in [4.78, 5) is 33.3. The van der Waals surface area contributed by atoms with Crippen molar-refractivity contribution in [2.45, 2.75) is 6.04 Å². The molecule has 1 atom stereocenters. The molecule has 1 unspecified atom stereocenters. The first-order valence-corrected chi connectivity index (χ1v) is 10.4. The molecule has 2 heterocycles. The number of amides is 1. The second kappa shape index (κ2) is 8.84. The molecule has 0 N–H and O–H groups in total. The largest absolute Gasteiger partial charge is 0.329 e. The summed E-state index contributed by atoms with van der Waals surface area (Å²) >= 11 is 1.37. The average Bonchev–Trinajstić information content (AvgIpc) is 3.35. The van der Waals surface area contributed by atoms with Gasteiger partial charge < -0.3 is 4.90 Å². The van der Waals surface area contributed by atoms with Crippen molar-refractivity contribution >= 4 is 23.0 Å². The molecule has 4 aromatic rings. The van der Waals surface area contributed by atoms with E-state index in [9.17, 15) is 9.59 Å². The summed E-state index contributed by atoms with van der Waals surface area (Å²) in [7, 11) is 1.75. The van der Waals surface area contributed by atoms with Crippen LogP contribution in [0.15, 0.2) is 96.5 Å². The standard InChI is InChI=1S/C25H20N2O2S/c1-27(23(18-10-3-2-4-11-18)21-14-7-8-16-26-21)25(29)20-13-6-5-12-19(20)24(28)22-15-9-17-30-22/h2-17,23H,1H3. The maximum Gasteiger partial charge on any atom is 0.255 e. The summed E-state index contributed by atoms with van der Waals surface area (Å²) in [6, 6.07) is 25.7. The van der Waals surface area contributed by atoms with Gasteiger partial charge in [0, 0.05) is 18.8 Å². The number of carbonyl (C=O) groups is 2. The maximum atomic E-state index is 13.6. The SMILES string of the molecule is CN(C(=O)c1ccccc1C(=O)c1cccs1)C(c1ccccc1)c1ccccn1. The Balaban J connectivity index is 1.74. The van der Waals surface area contributed by atoms with Gasteiger partial charge in [0.05, 0.1) is 22.2 Å². The molecule has 0 aliphatic rings. The van der Waals surface area contributed by atoms with Crippen molar-refractivity contribution in [3.8, 4) is 0 Å². The Bertz CT molecular complexity index is 1100. The molecule has 0 fully saturated rings. The van der Waals surface area contributed by atoms with E-state index in [0.717, 1.165) is 11.3 Å². The highest BCUT2D eigenvalue weighted by molar-refractivity contribution is 7.12. The van der Waals surface area contributed by atoms with Gasteiger partial charge in [0.25, 0.3) is 5.91 Å². The van der Waals surface area contributed by atoms with Crippen LogP contribution in [-0.2, 0) is 0 Å². The molecule has 2 aromatic carbocycles. The molecule has 0 bridgehead atoms. The summed E-state index contributed by atoms with van der Waals surface area (Å²) in [6.07, 6.45) is 1.72. The lowest BCUT2D eigenvalue weighted by molar-refractivity contribution is 0.0748. The van der Waals surface area contributed by atoms with E-state index in [1.54, 1.807) is 48.5 Å². The van der Waals surface area contributed by atoms with Gasteiger partial charge in [-0.15, -0.1) is 11.3 Å². The predicted octanol–water partition coefficient (Wildman–Crippen LogP) is 5.24. The number of ketones is 1. The smallest absolute Gasteiger partial charge is 0.255 e. The van der Waals surface area contributed by atoms with Crippen molar-refractivity contribution < 1.29 is 9.59 Å². The lowest BCUT2D eigenvalue weighted by Crippen LogP contribution is -2.33. The van der Waals surface area contributed by atoms with Crippen LogP contribution in [0.1, 0.15) is 42.9 Å². The molecule has 2 aromatic heterocycles. The number of pyridine rings is 1. The minimum atomic E-state index is -0.371. The molecule has 4 nitrogen and oxygen atoms in total. The van der Waals surface area contributed by atoms with E-state index in [-0.39, 0.29) is 17.7 Å². The normalized spacial score (nSPS) is 11.6. The third-order valence-electron chi connectivity index (χ3n) is 4.94. The van der Waals surface area contributed by atoms with Crippen LogP contribution >= 0.6 is 11.3 Å². The van der Waals surface area contributed by atoms with Crippen LogP contribution in [0.2, 0.25) is 0 Å². The van der Waals surface area contributed by atoms with Crippen molar-refractivity contribution in [1.82, 2.24) is 9.88 Å². The molecule has 5 heteroatoms. The zero-order valence-electron chi connectivity index (χ0n) is 16.4. The molecular weight excluding hydrogens is 392 g/mol. The van der Waals surface area contributed by atoms with Crippen molar-refractivity contribution in [2.24, 2.45) is 0 Å². The van der Waals surface area contributed by atoms with Crippen LogP contribution in [0.4, 0.5) is 0 Å². The predicted molar refractivity (Wildman–Crippen MR) is 119 cm³/mol. The summed E-state index contributed by atoms with van der Waals surface area (Å²) in [6.45, 7) is 0. The molecule has 0 radical (unpaired) electrons. The van der Waals surface area contributed by atoms with Crippen molar-refractivity contribution in [3.05, 3.63) is 124 Å². The number of nitrogens with zero attached hydrogens (tertiary/aromatic N) is 2. The Labute approximate surface area is 179 Å². The van der Waals surface area contributed by atoms with Gasteiger partial charge in [0.2, 0.25) is 5.78 Å². The highest BCUT2D eigenvalue weighted by Crippen LogP contribution is 2.28. The minimum Gasteiger partial charge on any atom is -0.329 e. The van der Waals surface area contributed by atoms with E-state index in [1.165, 1.54) is 11.3 Å². The van der Waals surface area contributed by atoms with Crippen LogP contribution in [0.25, 0.3) is 0 Å². The number of carbonyl (C=O) groups excluding carboxylic acids is 2. The monoisotopic (exact) mass is 412 g/mol. The molecule has 0 saturated heterocycles. The lowest BCUT2D eigenvalue weighted by atomic mass is 9.98. The van der Waals surface area contributed by atoms with Crippen LogP contribution < -0.4 is 0 Å². The third-order valence-corrected chi connectivity index (χ3v) is 5.81. The van der Waals surface area contributed by atoms with E-state index in [4.69, 9.17) is 0 Å². The summed E-state index contributed by atoms with van der Waals surface area (Å²) in [5.74, 6) is -0.369. The number of aromatic nitrogens is 1. The fraction of sp³-hybridized carbons (Fsp3) is 0.0800. The second-order valence-corrected chi connectivity index (χ2v) is 7.78. The Morgan fingerprint density at radius 2 is 1.53 bits per heavy atom. The van der Waals surface area contributed by atoms with Gasteiger partial charge in [0.1, 0.15) is 0 Å². The Morgan fingerprint density at radius 1 is 0.833 bits per heavy atom. The number of hydrogen-bond donors (Lipinski definition) is 0. The molecule has 148 valence electrons. The highest BCUT2D eigenvalue weighted by atomic mass is 32.1. The molecule has 0 aliphatic heterocycles. The summed E-state index contributed by atoms with van der Waals surface area (Å²) < 4.78 is 0. The van der Waals surface area contributed by atoms with Crippen LogP contribution in [0.5, 0.6) is 0 Å². The molecule has 1 amide bonds. The van der Waals surface area contributed by atoms with E-state index in [2.05, 4.69) is 4.98 Å². The highest BCUT2D eigenvalue weighted by Gasteiger charge is 2.28. The Hall–Kier alpha value is -3.57. The zero-order valence-corrected chi connectivity index (χ0v) is 17.3. The van der Waals surface area contributed by atoms with E-state index >= 15 is 0 Å². The maximum absolute atomic E-state index is 13.6. The van der Waals surface area contributed by atoms with Gasteiger partial charge in [-0.1, -0.05) is 60.7 Å². The van der Waals surface area contributed by atoms with Crippen molar-refractivity contribution in [1.29, 1.82) is 0 Å². The molecule has 4 rings (SSSR count). The zero-order chi connectivity index (χ0) is 20.9. The van der Waals surface area contributed by atoms with Crippen molar-refractivity contribution in [2.75, 3.05) is 7.05 Å². The molecular formula is C25H20N2O2S. The van der Waals surface area contributed by atoms with E-state index in [0.29, 0.717) is 16.0 Å². The Morgan fingerprint density at radius 3 is 2.20 bits per heavy atom. The topological polar surface area (TPSA) is 50.3 Å². The number of hydrogen-bond acceptors (Lipinski definition) is 4. The second-order valence-electron chi connectivity index (χ2n) is 6.84. The van der Waals surface area contributed by atoms with Gasteiger partial charge in [-0.05, 0) is 35.2 Å². The van der Waals surface area contributed by atoms with Gasteiger partial charge in [-0.25, -0.2) is 0 Å². The summed E-state index contributed by atoms with van der Waals surface area (Å²) in [5, 5.41) is 1.86. The van der Waals surface area contributed by atoms with Gasteiger partial charge in [0.15, 0.2) is 0 Å². The number of benzene rings is 2. The summed E-state index contributed by atoms with van der Waals surface area (Å²) in [5.41, 5.74) is 2.51. The van der Waals surface area contributed by atoms with E-state index < -0.39 is 0 Å². The molecule has 0 aliphatic carbocycles. The molecule has 30 heavy (non-hydrogen) atoms. The van der Waals surface area contributed by atoms with Crippen molar-refractivity contribution in [3.63, 3.8) is 0 Å². The first-order chi connectivity index (χ1) is 14.7. The van der Waals surface area contributed by atoms with Crippen LogP contribution in [0, 0.1) is 0 Å². The van der Waals surface area contributed by atoms with Gasteiger partial charge >= 0.3 is 0 Å².